The zero-order valence-corrected chi connectivity index (χ0v) is 18.6. The number of aromatic amines is 1. The molecule has 4 aromatic rings. The smallest absolute Gasteiger partial charge is 0.277 e. The third kappa shape index (κ3) is 4.67. The molecule has 6 nitrogen and oxygen atoms in total. The van der Waals surface area contributed by atoms with Gasteiger partial charge in [-0.2, -0.15) is 0 Å². The Morgan fingerprint density at radius 1 is 1.00 bits per heavy atom. The summed E-state index contributed by atoms with van der Waals surface area (Å²) in [6, 6.07) is 20.6. The fourth-order valence-corrected chi connectivity index (χ4v) is 3.48. The van der Waals surface area contributed by atoms with Crippen LogP contribution in [0.15, 0.2) is 76.2 Å². The molecule has 4 rings (SSSR count). The van der Waals surface area contributed by atoms with Crippen LogP contribution in [-0.2, 0) is 6.42 Å². The Morgan fingerprint density at radius 3 is 2.45 bits per heavy atom. The summed E-state index contributed by atoms with van der Waals surface area (Å²) < 4.78 is 11.6. The number of benzene rings is 3. The minimum absolute atomic E-state index is 0.381. The average molecular weight is 478 g/mol. The highest BCUT2D eigenvalue weighted by atomic mass is 79.9. The summed E-state index contributed by atoms with van der Waals surface area (Å²) >= 11 is 3.45. The Labute approximate surface area is 188 Å². The van der Waals surface area contributed by atoms with Gasteiger partial charge in [0.25, 0.3) is 5.91 Å². The van der Waals surface area contributed by atoms with Crippen LogP contribution >= 0.6 is 15.9 Å². The Kier molecular flexibility index (Phi) is 6.13. The predicted octanol–water partition coefficient (Wildman–Crippen LogP) is 5.21. The van der Waals surface area contributed by atoms with Crippen molar-refractivity contribution < 1.29 is 14.3 Å². The SMILES string of the molecule is COc1ccc(C(=O)N=C(Cc2ccc(Br)cc2)c2nc3ccccc3[nH]2)cc1OC. The molecule has 0 bridgehead atoms. The number of carbonyl (C=O) groups is 1. The monoisotopic (exact) mass is 477 g/mol. The second kappa shape index (κ2) is 9.14. The van der Waals surface area contributed by atoms with Gasteiger partial charge in [-0.3, -0.25) is 4.79 Å². The number of ether oxygens (including phenoxy) is 2. The summed E-state index contributed by atoms with van der Waals surface area (Å²) in [6.07, 6.45) is 0.451. The number of imidazole rings is 1. The van der Waals surface area contributed by atoms with E-state index in [2.05, 4.69) is 30.9 Å². The number of para-hydroxylation sites is 2. The van der Waals surface area contributed by atoms with Crippen molar-refractivity contribution in [1.82, 2.24) is 9.97 Å². The molecule has 1 aromatic heterocycles. The van der Waals surface area contributed by atoms with Gasteiger partial charge in [-0.1, -0.05) is 40.2 Å². The van der Waals surface area contributed by atoms with Crippen molar-refractivity contribution in [1.29, 1.82) is 0 Å². The maximum atomic E-state index is 13.0. The molecule has 1 N–H and O–H groups in total. The quantitative estimate of drug-likeness (QED) is 0.386. The Balaban J connectivity index is 1.74. The largest absolute Gasteiger partial charge is 0.493 e. The van der Waals surface area contributed by atoms with E-state index in [1.54, 1.807) is 25.3 Å². The Hall–Kier alpha value is -3.45. The zero-order chi connectivity index (χ0) is 21.8. The number of methoxy groups -OCH3 is 2. The zero-order valence-electron chi connectivity index (χ0n) is 17.1. The first-order valence-corrected chi connectivity index (χ1v) is 10.4. The van der Waals surface area contributed by atoms with Gasteiger partial charge in [0.1, 0.15) is 0 Å². The van der Waals surface area contributed by atoms with Gasteiger partial charge in [-0.05, 0) is 48.0 Å². The summed E-state index contributed by atoms with van der Waals surface area (Å²) in [4.78, 5) is 25.4. The summed E-state index contributed by atoms with van der Waals surface area (Å²) in [5.41, 5.74) is 3.68. The number of hydrogen-bond donors (Lipinski definition) is 1. The molecule has 7 heteroatoms. The Bertz CT molecular complexity index is 1230. The standard InChI is InChI=1S/C24H20BrN3O3/c1-30-21-12-9-16(14-22(21)31-2)24(29)28-20(13-15-7-10-17(25)11-8-15)23-26-18-5-3-4-6-19(18)27-23/h3-12,14H,13H2,1-2H3,(H,26,27). The molecular formula is C24H20BrN3O3. The first-order chi connectivity index (χ1) is 15.1. The van der Waals surface area contributed by atoms with E-state index >= 15 is 0 Å². The number of hydrogen-bond acceptors (Lipinski definition) is 4. The molecule has 0 spiro atoms. The molecule has 0 aliphatic rings. The number of nitrogens with one attached hydrogen (secondary N) is 1. The number of aliphatic imine (C=N–C) groups is 1. The molecule has 1 amide bonds. The molecule has 0 atom stereocenters. The van der Waals surface area contributed by atoms with Crippen molar-refractivity contribution >= 4 is 38.6 Å². The van der Waals surface area contributed by atoms with Crippen LogP contribution in [0.25, 0.3) is 11.0 Å². The fourth-order valence-electron chi connectivity index (χ4n) is 3.22. The number of H-pyrrole nitrogens is 1. The summed E-state index contributed by atoms with van der Waals surface area (Å²) in [5.74, 6) is 1.21. The number of rotatable bonds is 6. The molecule has 1 heterocycles. The molecule has 0 radical (unpaired) electrons. The third-order valence-electron chi connectivity index (χ3n) is 4.81. The summed E-state index contributed by atoms with van der Waals surface area (Å²) in [6.45, 7) is 0. The highest BCUT2D eigenvalue weighted by molar-refractivity contribution is 9.10. The van der Waals surface area contributed by atoms with Gasteiger partial charge in [0.2, 0.25) is 0 Å². The van der Waals surface area contributed by atoms with Crippen LogP contribution in [0.4, 0.5) is 0 Å². The lowest BCUT2D eigenvalue weighted by Crippen LogP contribution is -2.11. The van der Waals surface area contributed by atoms with Crippen LogP contribution in [0.2, 0.25) is 0 Å². The van der Waals surface area contributed by atoms with Crippen LogP contribution in [0.5, 0.6) is 11.5 Å². The molecule has 156 valence electrons. The van der Waals surface area contributed by atoms with Gasteiger partial charge < -0.3 is 14.5 Å². The molecule has 0 saturated heterocycles. The van der Waals surface area contributed by atoms with E-state index in [0.29, 0.717) is 35.0 Å². The molecule has 31 heavy (non-hydrogen) atoms. The number of amides is 1. The first kappa shape index (κ1) is 20.8. The Morgan fingerprint density at radius 2 is 1.74 bits per heavy atom. The number of fused-ring (bicyclic) bond motifs is 1. The normalized spacial score (nSPS) is 11.5. The van der Waals surface area contributed by atoms with E-state index in [-0.39, 0.29) is 5.91 Å². The van der Waals surface area contributed by atoms with E-state index in [4.69, 9.17) is 9.47 Å². The van der Waals surface area contributed by atoms with E-state index in [1.807, 2.05) is 48.5 Å². The molecule has 0 aliphatic carbocycles. The van der Waals surface area contributed by atoms with Gasteiger partial charge in [0.05, 0.1) is 31.0 Å². The highest BCUT2D eigenvalue weighted by Gasteiger charge is 2.16. The lowest BCUT2D eigenvalue weighted by molar-refractivity contribution is 0.100. The van der Waals surface area contributed by atoms with Crippen LogP contribution in [0, 0.1) is 0 Å². The second-order valence-corrected chi connectivity index (χ2v) is 7.75. The third-order valence-corrected chi connectivity index (χ3v) is 5.34. The van der Waals surface area contributed by atoms with Crippen LogP contribution < -0.4 is 9.47 Å². The lowest BCUT2D eigenvalue weighted by atomic mass is 10.1. The van der Waals surface area contributed by atoms with Gasteiger partial charge in [-0.15, -0.1) is 0 Å². The number of halogens is 1. The minimum atomic E-state index is -0.381. The van der Waals surface area contributed by atoms with Crippen molar-refractivity contribution in [2.45, 2.75) is 6.42 Å². The molecule has 0 saturated carbocycles. The first-order valence-electron chi connectivity index (χ1n) is 9.61. The second-order valence-electron chi connectivity index (χ2n) is 6.84. The van der Waals surface area contributed by atoms with Crippen molar-refractivity contribution in [3.05, 3.63) is 88.2 Å². The molecule has 3 aromatic carbocycles. The predicted molar refractivity (Wildman–Crippen MR) is 124 cm³/mol. The number of carbonyl (C=O) groups excluding carboxylic acids is 1. The maximum Gasteiger partial charge on any atom is 0.277 e. The van der Waals surface area contributed by atoms with Gasteiger partial charge in [0.15, 0.2) is 17.3 Å². The van der Waals surface area contributed by atoms with Crippen molar-refractivity contribution in [3.8, 4) is 11.5 Å². The molecule has 0 aliphatic heterocycles. The number of nitrogens with zero attached hydrogens (tertiary/aromatic N) is 2. The lowest BCUT2D eigenvalue weighted by Gasteiger charge is -2.09. The fraction of sp³-hybridized carbons (Fsp3) is 0.125. The molecule has 0 fully saturated rings. The van der Waals surface area contributed by atoms with Gasteiger partial charge in [-0.25, -0.2) is 9.98 Å². The van der Waals surface area contributed by atoms with Crippen LogP contribution in [0.3, 0.4) is 0 Å². The molecule has 0 unspecified atom stereocenters. The summed E-state index contributed by atoms with van der Waals surface area (Å²) in [7, 11) is 3.08. The average Bonchev–Trinajstić information content (AvgIpc) is 3.23. The minimum Gasteiger partial charge on any atom is -0.493 e. The van der Waals surface area contributed by atoms with Gasteiger partial charge in [0, 0.05) is 16.5 Å². The van der Waals surface area contributed by atoms with E-state index < -0.39 is 0 Å². The summed E-state index contributed by atoms with van der Waals surface area (Å²) in [5, 5.41) is 0. The molecular weight excluding hydrogens is 458 g/mol. The van der Waals surface area contributed by atoms with E-state index in [1.165, 1.54) is 7.11 Å². The van der Waals surface area contributed by atoms with E-state index in [9.17, 15) is 4.79 Å². The van der Waals surface area contributed by atoms with Crippen molar-refractivity contribution in [3.63, 3.8) is 0 Å². The van der Waals surface area contributed by atoms with Crippen LogP contribution in [0.1, 0.15) is 21.7 Å². The number of aromatic nitrogens is 2. The highest BCUT2D eigenvalue weighted by Crippen LogP contribution is 2.28. The van der Waals surface area contributed by atoms with Crippen LogP contribution in [-0.4, -0.2) is 35.8 Å². The van der Waals surface area contributed by atoms with E-state index in [0.717, 1.165) is 21.1 Å². The maximum absolute atomic E-state index is 13.0. The van der Waals surface area contributed by atoms with Crippen molar-refractivity contribution in [2.24, 2.45) is 4.99 Å². The van der Waals surface area contributed by atoms with Gasteiger partial charge >= 0.3 is 0 Å². The topological polar surface area (TPSA) is 76.6 Å². The van der Waals surface area contributed by atoms with Crippen molar-refractivity contribution in [2.75, 3.05) is 14.2 Å².